The van der Waals surface area contributed by atoms with Crippen LogP contribution in [0.4, 0.5) is 0 Å². The van der Waals surface area contributed by atoms with E-state index in [1.165, 1.54) is 6.07 Å². The van der Waals surface area contributed by atoms with Crippen LogP contribution in [0.5, 0.6) is 5.75 Å². The molecule has 0 fully saturated rings. The monoisotopic (exact) mass is 377 g/mol. The van der Waals surface area contributed by atoms with E-state index in [0.29, 0.717) is 15.7 Å². The van der Waals surface area contributed by atoms with Gasteiger partial charge in [0, 0.05) is 17.5 Å². The van der Waals surface area contributed by atoms with Gasteiger partial charge in [0.15, 0.2) is 0 Å². The lowest BCUT2D eigenvalue weighted by Gasteiger charge is -2.29. The van der Waals surface area contributed by atoms with Crippen molar-refractivity contribution in [2.24, 2.45) is 5.41 Å². The molecule has 3 N–H and O–H groups in total. The van der Waals surface area contributed by atoms with Gasteiger partial charge in [-0.15, -0.1) is 0 Å². The number of phenols is 1. The van der Waals surface area contributed by atoms with Crippen molar-refractivity contribution in [2.75, 3.05) is 13.2 Å². The van der Waals surface area contributed by atoms with Crippen molar-refractivity contribution in [3.8, 4) is 5.75 Å². The third kappa shape index (κ3) is 4.07. The van der Waals surface area contributed by atoms with E-state index >= 15 is 0 Å². The minimum atomic E-state index is -0.263. The zero-order chi connectivity index (χ0) is 14.5. The molecule has 0 bridgehead atoms. The van der Waals surface area contributed by atoms with Crippen LogP contribution in [0.1, 0.15) is 37.0 Å². The van der Waals surface area contributed by atoms with Crippen LogP contribution in [-0.2, 0) is 0 Å². The Kier molecular flexibility index (Phi) is 6.06. The van der Waals surface area contributed by atoms with E-state index in [2.05, 4.69) is 5.32 Å². The maximum absolute atomic E-state index is 12.0. The van der Waals surface area contributed by atoms with E-state index in [9.17, 15) is 15.0 Å². The number of carbonyl (C=O) groups excluding carboxylic acids is 1. The molecule has 0 atom stereocenters. The molecule has 0 radical (unpaired) electrons. The van der Waals surface area contributed by atoms with Gasteiger partial charge in [0.1, 0.15) is 5.75 Å². The fourth-order valence-corrected chi connectivity index (χ4v) is 2.14. The normalized spacial score (nSPS) is 11.4. The second kappa shape index (κ2) is 7.09. The number of amides is 1. The van der Waals surface area contributed by atoms with E-state index in [1.54, 1.807) is 12.1 Å². The Morgan fingerprint density at radius 2 is 2.00 bits per heavy atom. The number of benzene rings is 1. The molecule has 0 unspecified atom stereocenters. The van der Waals surface area contributed by atoms with Crippen molar-refractivity contribution >= 4 is 28.5 Å². The maximum atomic E-state index is 12.0. The van der Waals surface area contributed by atoms with Crippen LogP contribution in [0, 0.1) is 8.99 Å². The Morgan fingerprint density at radius 1 is 1.37 bits per heavy atom. The third-order valence-electron chi connectivity index (χ3n) is 3.67. The predicted octanol–water partition coefficient (Wildman–Crippen LogP) is 2.53. The molecule has 1 amide bonds. The molecule has 0 saturated heterocycles. The van der Waals surface area contributed by atoms with E-state index in [-0.39, 0.29) is 23.7 Å². The molecule has 1 rings (SSSR count). The van der Waals surface area contributed by atoms with Gasteiger partial charge in [0.25, 0.3) is 5.91 Å². The molecule has 0 aliphatic rings. The number of hydrogen-bond donors (Lipinski definition) is 3. The summed E-state index contributed by atoms with van der Waals surface area (Å²) >= 11 is 2.00. The highest BCUT2D eigenvalue weighted by Crippen LogP contribution is 2.25. The van der Waals surface area contributed by atoms with Crippen molar-refractivity contribution in [1.82, 2.24) is 5.32 Å². The van der Waals surface area contributed by atoms with Gasteiger partial charge in [-0.25, -0.2) is 0 Å². The number of aliphatic hydroxyl groups is 1. The number of nitrogens with one attached hydrogen (secondary N) is 1. The first kappa shape index (κ1) is 16.2. The SMILES string of the molecule is CCC(CC)(CO)CNC(=O)c1ccc(I)c(O)c1. The quantitative estimate of drug-likeness (QED) is 0.668. The molecule has 106 valence electrons. The van der Waals surface area contributed by atoms with Crippen LogP contribution in [0.2, 0.25) is 0 Å². The first-order chi connectivity index (χ1) is 8.98. The summed E-state index contributed by atoms with van der Waals surface area (Å²) in [7, 11) is 0. The highest BCUT2D eigenvalue weighted by molar-refractivity contribution is 14.1. The van der Waals surface area contributed by atoms with Crippen molar-refractivity contribution in [2.45, 2.75) is 26.7 Å². The summed E-state index contributed by atoms with van der Waals surface area (Å²) in [6.45, 7) is 4.49. The zero-order valence-electron chi connectivity index (χ0n) is 11.2. The highest BCUT2D eigenvalue weighted by atomic mass is 127. The first-order valence-electron chi connectivity index (χ1n) is 6.35. The van der Waals surface area contributed by atoms with Crippen molar-refractivity contribution < 1.29 is 15.0 Å². The third-order valence-corrected chi connectivity index (χ3v) is 4.58. The van der Waals surface area contributed by atoms with Gasteiger partial charge < -0.3 is 15.5 Å². The number of carbonyl (C=O) groups is 1. The van der Waals surface area contributed by atoms with E-state index in [0.717, 1.165) is 12.8 Å². The smallest absolute Gasteiger partial charge is 0.251 e. The summed E-state index contributed by atoms with van der Waals surface area (Å²) in [5, 5.41) is 21.9. The average Bonchev–Trinajstić information content (AvgIpc) is 2.43. The number of aromatic hydroxyl groups is 1. The first-order valence-corrected chi connectivity index (χ1v) is 7.43. The second-order valence-electron chi connectivity index (χ2n) is 4.71. The van der Waals surface area contributed by atoms with Gasteiger partial charge >= 0.3 is 0 Å². The van der Waals surface area contributed by atoms with Gasteiger partial charge in [-0.1, -0.05) is 13.8 Å². The zero-order valence-corrected chi connectivity index (χ0v) is 13.4. The maximum Gasteiger partial charge on any atom is 0.251 e. The molecule has 0 aliphatic carbocycles. The Labute approximate surface area is 127 Å². The minimum Gasteiger partial charge on any atom is -0.507 e. The number of hydrogen-bond acceptors (Lipinski definition) is 3. The molecule has 0 saturated carbocycles. The molecule has 0 spiro atoms. The van der Waals surface area contributed by atoms with Crippen LogP contribution < -0.4 is 5.32 Å². The number of rotatable bonds is 6. The number of halogens is 1. The van der Waals surface area contributed by atoms with E-state index in [4.69, 9.17) is 0 Å². The fraction of sp³-hybridized carbons (Fsp3) is 0.500. The molecule has 19 heavy (non-hydrogen) atoms. The van der Waals surface area contributed by atoms with Gasteiger partial charge in [-0.2, -0.15) is 0 Å². The Bertz CT molecular complexity index is 436. The van der Waals surface area contributed by atoms with Crippen molar-refractivity contribution in [3.05, 3.63) is 27.3 Å². The lowest BCUT2D eigenvalue weighted by Crippen LogP contribution is -2.39. The standard InChI is InChI=1S/C14H20INO3/c1-3-14(4-2,9-17)8-16-13(19)10-5-6-11(15)12(18)7-10/h5-7,17-18H,3-4,8-9H2,1-2H3,(H,16,19). The number of aliphatic hydroxyl groups excluding tert-OH is 1. The summed E-state index contributed by atoms with van der Waals surface area (Å²) in [5.41, 5.74) is 0.165. The second-order valence-corrected chi connectivity index (χ2v) is 5.88. The van der Waals surface area contributed by atoms with Crippen molar-refractivity contribution in [1.29, 1.82) is 0 Å². The Morgan fingerprint density at radius 3 is 2.47 bits per heavy atom. The average molecular weight is 377 g/mol. The summed E-state index contributed by atoms with van der Waals surface area (Å²) in [4.78, 5) is 12.0. The van der Waals surface area contributed by atoms with Gasteiger partial charge in [0.05, 0.1) is 10.2 Å². The molecule has 1 aromatic rings. The minimum absolute atomic E-state index is 0.0538. The molecular formula is C14H20INO3. The Hall–Kier alpha value is -0.820. The summed E-state index contributed by atoms with van der Waals surface area (Å²) in [6.07, 6.45) is 1.61. The van der Waals surface area contributed by atoms with Crippen LogP contribution in [0.25, 0.3) is 0 Å². The van der Waals surface area contributed by atoms with Gasteiger partial charge in [-0.3, -0.25) is 4.79 Å². The van der Waals surface area contributed by atoms with E-state index in [1.807, 2.05) is 36.4 Å². The summed E-state index contributed by atoms with van der Waals surface area (Å²) in [6, 6.07) is 4.83. The van der Waals surface area contributed by atoms with Crippen LogP contribution in [0.15, 0.2) is 18.2 Å². The molecule has 0 aromatic heterocycles. The Balaban J connectivity index is 2.72. The molecule has 1 aromatic carbocycles. The lowest BCUT2D eigenvalue weighted by atomic mass is 9.83. The summed E-state index contributed by atoms with van der Waals surface area (Å²) in [5.74, 6) is -0.126. The largest absolute Gasteiger partial charge is 0.507 e. The molecular weight excluding hydrogens is 357 g/mol. The van der Waals surface area contributed by atoms with Crippen LogP contribution in [0.3, 0.4) is 0 Å². The van der Waals surface area contributed by atoms with Crippen LogP contribution >= 0.6 is 22.6 Å². The topological polar surface area (TPSA) is 69.6 Å². The summed E-state index contributed by atoms with van der Waals surface area (Å²) < 4.78 is 0.709. The number of phenolic OH excluding ortho intramolecular Hbond substituents is 1. The van der Waals surface area contributed by atoms with Crippen molar-refractivity contribution in [3.63, 3.8) is 0 Å². The van der Waals surface area contributed by atoms with Gasteiger partial charge in [0.2, 0.25) is 0 Å². The molecule has 4 nitrogen and oxygen atoms in total. The highest BCUT2D eigenvalue weighted by Gasteiger charge is 2.26. The van der Waals surface area contributed by atoms with E-state index < -0.39 is 0 Å². The molecule has 0 heterocycles. The molecule has 0 aliphatic heterocycles. The lowest BCUT2D eigenvalue weighted by molar-refractivity contribution is 0.0850. The molecule has 5 heteroatoms. The van der Waals surface area contributed by atoms with Gasteiger partial charge in [-0.05, 0) is 53.6 Å². The fourth-order valence-electron chi connectivity index (χ4n) is 1.80. The van der Waals surface area contributed by atoms with Crippen LogP contribution in [-0.4, -0.2) is 29.3 Å². The predicted molar refractivity (Wildman–Crippen MR) is 83.3 cm³/mol.